The molecule has 0 bridgehead atoms. The maximum atomic E-state index is 12.4. The molecule has 7 heteroatoms. The van der Waals surface area contributed by atoms with Crippen molar-refractivity contribution in [2.45, 2.75) is 31.6 Å². The fourth-order valence-electron chi connectivity index (χ4n) is 1.76. The molecule has 100 valence electrons. The van der Waals surface area contributed by atoms with E-state index in [0.717, 1.165) is 12.8 Å². The van der Waals surface area contributed by atoms with E-state index < -0.39 is 18.7 Å². The molecule has 18 heavy (non-hydrogen) atoms. The molecule has 2 rings (SSSR count). The number of aromatic carboxylic acids is 1. The first-order chi connectivity index (χ1) is 8.35. The number of halogens is 3. The number of carboxylic acid groups (broad SMARTS) is 1. The lowest BCUT2D eigenvalue weighted by Gasteiger charge is -2.22. The van der Waals surface area contributed by atoms with E-state index in [-0.39, 0.29) is 24.1 Å². The zero-order valence-electron chi connectivity index (χ0n) is 9.41. The lowest BCUT2D eigenvalue weighted by atomic mass is 10.3. The Morgan fingerprint density at radius 1 is 1.44 bits per heavy atom. The Hall–Kier alpha value is -1.50. The molecule has 0 aliphatic heterocycles. The lowest BCUT2D eigenvalue weighted by molar-refractivity contribution is -0.148. The topological polar surface area (TPSA) is 53.7 Å². The van der Waals surface area contributed by atoms with Crippen LogP contribution >= 0.6 is 0 Å². The predicted molar refractivity (Wildman–Crippen MR) is 55.2 cm³/mol. The van der Waals surface area contributed by atoms with Crippen molar-refractivity contribution in [3.8, 4) is 0 Å². The van der Waals surface area contributed by atoms with Crippen LogP contribution in [0.1, 0.15) is 29.2 Å². The van der Waals surface area contributed by atoms with Gasteiger partial charge in [0.05, 0.1) is 13.1 Å². The van der Waals surface area contributed by atoms with E-state index in [4.69, 9.17) is 9.52 Å². The molecular weight excluding hydrogens is 251 g/mol. The van der Waals surface area contributed by atoms with Crippen molar-refractivity contribution >= 4 is 5.97 Å². The van der Waals surface area contributed by atoms with Crippen LogP contribution in [0.25, 0.3) is 0 Å². The molecule has 0 saturated heterocycles. The monoisotopic (exact) mass is 263 g/mol. The highest BCUT2D eigenvalue weighted by molar-refractivity contribution is 5.84. The molecule has 1 saturated carbocycles. The summed E-state index contributed by atoms with van der Waals surface area (Å²) in [5.74, 6) is -1.24. The summed E-state index contributed by atoms with van der Waals surface area (Å²) in [5.41, 5.74) is 0. The summed E-state index contributed by atoms with van der Waals surface area (Å²) >= 11 is 0. The Morgan fingerprint density at radius 2 is 2.11 bits per heavy atom. The number of furan rings is 1. The van der Waals surface area contributed by atoms with Gasteiger partial charge in [0.15, 0.2) is 0 Å². The van der Waals surface area contributed by atoms with Crippen LogP contribution in [0, 0.1) is 0 Å². The van der Waals surface area contributed by atoms with E-state index in [9.17, 15) is 18.0 Å². The fraction of sp³-hybridized carbons (Fsp3) is 0.545. The second-order valence-electron chi connectivity index (χ2n) is 4.32. The summed E-state index contributed by atoms with van der Waals surface area (Å²) in [5, 5.41) is 8.65. The molecule has 4 nitrogen and oxygen atoms in total. The molecule has 1 N–H and O–H groups in total. The summed E-state index contributed by atoms with van der Waals surface area (Å²) in [6, 6.07) is 2.57. The SMILES string of the molecule is O=C(O)c1ccc(CN(CC(F)(F)F)C2CC2)o1. The van der Waals surface area contributed by atoms with Crippen molar-refractivity contribution < 1.29 is 27.5 Å². The Balaban J connectivity index is 2.01. The molecule has 1 aliphatic rings. The highest BCUT2D eigenvalue weighted by Crippen LogP contribution is 2.31. The third-order valence-electron chi connectivity index (χ3n) is 2.68. The molecule has 0 atom stereocenters. The first kappa shape index (κ1) is 12.9. The molecular formula is C11H12F3NO3. The molecule has 0 unspecified atom stereocenters. The quantitative estimate of drug-likeness (QED) is 0.886. The van der Waals surface area contributed by atoms with Gasteiger partial charge in [-0.15, -0.1) is 0 Å². The second kappa shape index (κ2) is 4.64. The number of hydrogen-bond donors (Lipinski definition) is 1. The Morgan fingerprint density at radius 3 is 2.56 bits per heavy atom. The van der Waals surface area contributed by atoms with E-state index in [1.807, 2.05) is 0 Å². The Bertz CT molecular complexity index is 437. The normalized spacial score (nSPS) is 16.2. The van der Waals surface area contributed by atoms with Crippen LogP contribution in [0.2, 0.25) is 0 Å². The van der Waals surface area contributed by atoms with E-state index >= 15 is 0 Å². The Labute approximate surface area is 101 Å². The van der Waals surface area contributed by atoms with E-state index in [1.54, 1.807) is 0 Å². The summed E-state index contributed by atoms with van der Waals surface area (Å²) in [6.07, 6.45) is -2.78. The van der Waals surface area contributed by atoms with Gasteiger partial charge >= 0.3 is 12.1 Å². The van der Waals surface area contributed by atoms with Gasteiger partial charge in [0.25, 0.3) is 0 Å². The van der Waals surface area contributed by atoms with Crippen molar-refractivity contribution in [3.05, 3.63) is 23.7 Å². The van der Waals surface area contributed by atoms with Gasteiger partial charge in [-0.05, 0) is 25.0 Å². The standard InChI is InChI=1S/C11H12F3NO3/c12-11(13,14)6-15(7-1-2-7)5-8-3-4-9(18-8)10(16)17/h3-4,7H,1-2,5-6H2,(H,16,17). The smallest absolute Gasteiger partial charge is 0.401 e. The maximum absolute atomic E-state index is 12.4. The van der Waals surface area contributed by atoms with Crippen LogP contribution in [0.15, 0.2) is 16.5 Å². The van der Waals surface area contributed by atoms with Crippen molar-refractivity contribution in [3.63, 3.8) is 0 Å². The van der Waals surface area contributed by atoms with E-state index in [0.29, 0.717) is 0 Å². The molecule has 1 fully saturated rings. The van der Waals surface area contributed by atoms with Crippen LogP contribution in [0.4, 0.5) is 13.2 Å². The number of nitrogens with zero attached hydrogens (tertiary/aromatic N) is 1. The van der Waals surface area contributed by atoms with Crippen molar-refractivity contribution in [1.82, 2.24) is 4.90 Å². The molecule has 1 aromatic rings. The molecule has 1 aliphatic carbocycles. The summed E-state index contributed by atoms with van der Waals surface area (Å²) in [4.78, 5) is 11.9. The molecule has 0 radical (unpaired) electrons. The molecule has 1 aromatic heterocycles. The summed E-state index contributed by atoms with van der Waals surface area (Å²) in [7, 11) is 0. The van der Waals surface area contributed by atoms with Crippen LogP contribution < -0.4 is 0 Å². The summed E-state index contributed by atoms with van der Waals surface area (Å²) in [6.45, 7) is -1.02. The van der Waals surface area contributed by atoms with E-state index in [2.05, 4.69) is 0 Å². The highest BCUT2D eigenvalue weighted by Gasteiger charge is 2.38. The van der Waals surface area contributed by atoms with Crippen LogP contribution in [-0.4, -0.2) is 34.7 Å². The van der Waals surface area contributed by atoms with Gasteiger partial charge in [0.1, 0.15) is 5.76 Å². The fourth-order valence-corrected chi connectivity index (χ4v) is 1.76. The third-order valence-corrected chi connectivity index (χ3v) is 2.68. The minimum atomic E-state index is -4.26. The minimum absolute atomic E-state index is 0.0164. The largest absolute Gasteiger partial charge is 0.475 e. The second-order valence-corrected chi connectivity index (χ2v) is 4.32. The van der Waals surface area contributed by atoms with Crippen molar-refractivity contribution in [1.29, 1.82) is 0 Å². The van der Waals surface area contributed by atoms with Crippen molar-refractivity contribution in [2.24, 2.45) is 0 Å². The molecule has 1 heterocycles. The Kier molecular flexibility index (Phi) is 3.34. The van der Waals surface area contributed by atoms with Crippen LogP contribution in [-0.2, 0) is 6.54 Å². The summed E-state index contributed by atoms with van der Waals surface area (Å²) < 4.78 is 42.1. The zero-order valence-corrected chi connectivity index (χ0v) is 9.41. The zero-order chi connectivity index (χ0) is 13.3. The van der Waals surface area contributed by atoms with Gasteiger partial charge in [-0.25, -0.2) is 4.79 Å². The van der Waals surface area contributed by atoms with Gasteiger partial charge in [0.2, 0.25) is 5.76 Å². The number of carbonyl (C=O) groups is 1. The van der Waals surface area contributed by atoms with Gasteiger partial charge in [-0.3, -0.25) is 4.90 Å². The molecule has 0 amide bonds. The van der Waals surface area contributed by atoms with Gasteiger partial charge in [-0.1, -0.05) is 0 Å². The number of carboxylic acids is 1. The van der Waals surface area contributed by atoms with Gasteiger partial charge < -0.3 is 9.52 Å². The van der Waals surface area contributed by atoms with Crippen LogP contribution in [0.5, 0.6) is 0 Å². The van der Waals surface area contributed by atoms with Crippen LogP contribution in [0.3, 0.4) is 0 Å². The molecule has 0 spiro atoms. The molecule has 0 aromatic carbocycles. The first-order valence-corrected chi connectivity index (χ1v) is 5.48. The van der Waals surface area contributed by atoms with Gasteiger partial charge in [0, 0.05) is 6.04 Å². The first-order valence-electron chi connectivity index (χ1n) is 5.48. The minimum Gasteiger partial charge on any atom is -0.475 e. The number of hydrogen-bond acceptors (Lipinski definition) is 3. The maximum Gasteiger partial charge on any atom is 0.401 e. The lowest BCUT2D eigenvalue weighted by Crippen LogP contribution is -2.35. The number of rotatable bonds is 5. The van der Waals surface area contributed by atoms with Crippen molar-refractivity contribution in [2.75, 3.05) is 6.54 Å². The highest BCUT2D eigenvalue weighted by atomic mass is 19.4. The van der Waals surface area contributed by atoms with Gasteiger partial charge in [-0.2, -0.15) is 13.2 Å². The number of alkyl halides is 3. The average Bonchev–Trinajstić information content (AvgIpc) is 2.96. The third kappa shape index (κ3) is 3.49. The average molecular weight is 263 g/mol. The van der Waals surface area contributed by atoms with E-state index in [1.165, 1.54) is 17.0 Å². The predicted octanol–water partition coefficient (Wildman–Crippen LogP) is 2.50.